The van der Waals surface area contributed by atoms with Crippen molar-refractivity contribution in [1.82, 2.24) is 0 Å². The number of aliphatic hydroxyl groups excluding tert-OH is 1. The Morgan fingerprint density at radius 2 is 2.10 bits per heavy atom. The smallest absolute Gasteiger partial charge is 0.0827 e. The van der Waals surface area contributed by atoms with Gasteiger partial charge in [0.15, 0.2) is 0 Å². The molecule has 0 spiro atoms. The average Bonchev–Trinajstić information content (AvgIpc) is 2.34. The molecule has 1 radical (unpaired) electrons. The topological polar surface area (TPSA) is 20.2 Å². The molecule has 2 rings (SSSR count). The Labute approximate surface area is 60.3 Å². The van der Waals surface area contributed by atoms with Crippen LogP contribution in [-0.2, 0) is 6.42 Å². The molecular formula is C9H9O. The van der Waals surface area contributed by atoms with E-state index in [4.69, 9.17) is 0 Å². The highest BCUT2D eigenvalue weighted by molar-refractivity contribution is 5.36. The monoisotopic (exact) mass is 133 g/mol. The summed E-state index contributed by atoms with van der Waals surface area (Å²) in [4.78, 5) is 0. The molecule has 0 fully saturated rings. The van der Waals surface area contributed by atoms with Gasteiger partial charge in [-0.3, -0.25) is 0 Å². The molecule has 51 valence electrons. The molecule has 0 aliphatic heterocycles. The maximum Gasteiger partial charge on any atom is 0.0827 e. The fourth-order valence-corrected chi connectivity index (χ4v) is 1.37. The third-order valence-corrected chi connectivity index (χ3v) is 1.93. The van der Waals surface area contributed by atoms with Gasteiger partial charge in [-0.05, 0) is 24.0 Å². The van der Waals surface area contributed by atoms with E-state index >= 15 is 0 Å². The SMILES string of the molecule is O[C@H]1[CH]Cc2ccccc21. The summed E-state index contributed by atoms with van der Waals surface area (Å²) < 4.78 is 0. The van der Waals surface area contributed by atoms with Gasteiger partial charge >= 0.3 is 0 Å². The lowest BCUT2D eigenvalue weighted by Gasteiger charge is -2.00. The molecule has 1 nitrogen and oxygen atoms in total. The fourth-order valence-electron chi connectivity index (χ4n) is 1.37. The van der Waals surface area contributed by atoms with Gasteiger partial charge in [0.25, 0.3) is 0 Å². The lowest BCUT2D eigenvalue weighted by Crippen LogP contribution is -1.88. The molecule has 1 aromatic rings. The minimum absolute atomic E-state index is 0.323. The Morgan fingerprint density at radius 1 is 1.30 bits per heavy atom. The lowest BCUT2D eigenvalue weighted by molar-refractivity contribution is 0.217. The summed E-state index contributed by atoms with van der Waals surface area (Å²) in [6, 6.07) is 8.00. The summed E-state index contributed by atoms with van der Waals surface area (Å²) in [6.45, 7) is 0. The van der Waals surface area contributed by atoms with Crippen LogP contribution >= 0.6 is 0 Å². The fraction of sp³-hybridized carbons (Fsp3) is 0.222. The van der Waals surface area contributed by atoms with Crippen LogP contribution < -0.4 is 0 Å². The molecule has 1 atom stereocenters. The first-order valence-electron chi connectivity index (χ1n) is 3.47. The van der Waals surface area contributed by atoms with E-state index in [1.165, 1.54) is 5.56 Å². The highest BCUT2D eigenvalue weighted by Gasteiger charge is 2.18. The van der Waals surface area contributed by atoms with Crippen molar-refractivity contribution in [2.75, 3.05) is 0 Å². The number of benzene rings is 1. The van der Waals surface area contributed by atoms with E-state index in [-0.39, 0.29) is 6.10 Å². The highest BCUT2D eigenvalue weighted by Crippen LogP contribution is 2.29. The van der Waals surface area contributed by atoms with Crippen LogP contribution in [-0.4, -0.2) is 5.11 Å². The zero-order chi connectivity index (χ0) is 6.97. The van der Waals surface area contributed by atoms with Crippen molar-refractivity contribution in [3.05, 3.63) is 41.8 Å². The van der Waals surface area contributed by atoms with Gasteiger partial charge in [-0.1, -0.05) is 24.3 Å². The van der Waals surface area contributed by atoms with Crippen molar-refractivity contribution in [2.24, 2.45) is 0 Å². The number of aliphatic hydroxyl groups is 1. The van der Waals surface area contributed by atoms with Crippen LogP contribution in [0.2, 0.25) is 0 Å². The minimum Gasteiger partial charge on any atom is -0.388 e. The van der Waals surface area contributed by atoms with Crippen molar-refractivity contribution in [1.29, 1.82) is 0 Å². The van der Waals surface area contributed by atoms with Crippen molar-refractivity contribution in [3.63, 3.8) is 0 Å². The Balaban J connectivity index is 2.51. The van der Waals surface area contributed by atoms with Crippen LogP contribution in [0, 0.1) is 6.42 Å². The van der Waals surface area contributed by atoms with E-state index in [0.717, 1.165) is 12.0 Å². The summed E-state index contributed by atoms with van der Waals surface area (Å²) in [6.07, 6.45) is 2.51. The summed E-state index contributed by atoms with van der Waals surface area (Å²) in [5.74, 6) is 0. The Bertz CT molecular complexity index is 242. The second-order valence-corrected chi connectivity index (χ2v) is 2.58. The molecule has 0 amide bonds. The first-order chi connectivity index (χ1) is 4.88. The van der Waals surface area contributed by atoms with Gasteiger partial charge in [0.05, 0.1) is 6.10 Å². The van der Waals surface area contributed by atoms with Crippen LogP contribution in [0.15, 0.2) is 24.3 Å². The Morgan fingerprint density at radius 3 is 2.90 bits per heavy atom. The van der Waals surface area contributed by atoms with E-state index in [2.05, 4.69) is 6.07 Å². The van der Waals surface area contributed by atoms with Gasteiger partial charge in [0.1, 0.15) is 0 Å². The standard InChI is InChI=1S/C9H9O/c10-9-6-5-7-3-1-2-4-8(7)9/h1-4,6,9-10H,5H2/t9-/m0/s1. The molecule has 0 bridgehead atoms. The van der Waals surface area contributed by atoms with E-state index < -0.39 is 0 Å². The van der Waals surface area contributed by atoms with Crippen molar-refractivity contribution < 1.29 is 5.11 Å². The summed E-state index contributed by atoms with van der Waals surface area (Å²) in [5, 5.41) is 9.33. The summed E-state index contributed by atoms with van der Waals surface area (Å²) in [7, 11) is 0. The summed E-state index contributed by atoms with van der Waals surface area (Å²) in [5.41, 5.74) is 2.33. The second-order valence-electron chi connectivity index (χ2n) is 2.58. The largest absolute Gasteiger partial charge is 0.388 e. The molecule has 0 saturated carbocycles. The van der Waals surface area contributed by atoms with Crippen LogP contribution in [0.25, 0.3) is 0 Å². The quantitative estimate of drug-likeness (QED) is 0.568. The predicted octanol–water partition coefficient (Wildman–Crippen LogP) is 1.48. The van der Waals surface area contributed by atoms with E-state index in [1.807, 2.05) is 24.6 Å². The lowest BCUT2D eigenvalue weighted by atomic mass is 10.1. The van der Waals surface area contributed by atoms with Crippen LogP contribution in [0.5, 0.6) is 0 Å². The highest BCUT2D eigenvalue weighted by atomic mass is 16.3. The van der Waals surface area contributed by atoms with Crippen LogP contribution in [0.3, 0.4) is 0 Å². The van der Waals surface area contributed by atoms with Crippen molar-refractivity contribution >= 4 is 0 Å². The molecule has 10 heavy (non-hydrogen) atoms. The van der Waals surface area contributed by atoms with E-state index in [0.29, 0.717) is 0 Å². The number of hydrogen-bond acceptors (Lipinski definition) is 1. The van der Waals surface area contributed by atoms with Gasteiger partial charge in [-0.15, -0.1) is 0 Å². The van der Waals surface area contributed by atoms with Crippen LogP contribution in [0.1, 0.15) is 17.2 Å². The second kappa shape index (κ2) is 2.10. The normalized spacial score (nSPS) is 22.7. The number of hydrogen-bond donors (Lipinski definition) is 1. The van der Waals surface area contributed by atoms with Crippen molar-refractivity contribution in [3.8, 4) is 0 Å². The molecule has 1 aromatic carbocycles. The minimum atomic E-state index is -0.323. The van der Waals surface area contributed by atoms with Gasteiger partial charge in [0, 0.05) is 0 Å². The third kappa shape index (κ3) is 0.745. The molecule has 1 aliphatic carbocycles. The molecule has 1 aliphatic rings. The zero-order valence-electron chi connectivity index (χ0n) is 5.62. The van der Waals surface area contributed by atoms with Gasteiger partial charge < -0.3 is 5.11 Å². The summed E-state index contributed by atoms with van der Waals surface area (Å²) >= 11 is 0. The number of rotatable bonds is 0. The predicted molar refractivity (Wildman–Crippen MR) is 39.4 cm³/mol. The van der Waals surface area contributed by atoms with Crippen molar-refractivity contribution in [2.45, 2.75) is 12.5 Å². The van der Waals surface area contributed by atoms with Crippen LogP contribution in [0.4, 0.5) is 0 Å². The zero-order valence-corrected chi connectivity index (χ0v) is 5.62. The molecular weight excluding hydrogens is 124 g/mol. The average molecular weight is 133 g/mol. The Kier molecular flexibility index (Phi) is 1.24. The van der Waals surface area contributed by atoms with E-state index in [9.17, 15) is 5.11 Å². The molecule has 0 unspecified atom stereocenters. The molecule has 0 heterocycles. The molecule has 0 aromatic heterocycles. The molecule has 1 heteroatoms. The number of fused-ring (bicyclic) bond motifs is 1. The van der Waals surface area contributed by atoms with E-state index in [1.54, 1.807) is 0 Å². The first kappa shape index (κ1) is 5.93. The van der Waals surface area contributed by atoms with Gasteiger partial charge in [0.2, 0.25) is 0 Å². The Hall–Kier alpha value is -0.820. The van der Waals surface area contributed by atoms with Gasteiger partial charge in [-0.2, -0.15) is 0 Å². The maximum atomic E-state index is 9.33. The maximum absolute atomic E-state index is 9.33. The third-order valence-electron chi connectivity index (χ3n) is 1.93. The molecule has 0 saturated heterocycles. The molecule has 1 N–H and O–H groups in total. The first-order valence-corrected chi connectivity index (χ1v) is 3.47. The van der Waals surface area contributed by atoms with Gasteiger partial charge in [-0.25, -0.2) is 0 Å².